The SMILES string of the molecule is COc1ccc(OC)c(N2CCC(C)(N)CC2)c1. The molecule has 0 aromatic heterocycles. The van der Waals surface area contributed by atoms with E-state index in [1.54, 1.807) is 14.2 Å². The van der Waals surface area contributed by atoms with E-state index in [2.05, 4.69) is 11.8 Å². The standard InChI is InChI=1S/C14H22N2O2/c1-14(15)6-8-16(9-7-14)12-10-11(17-2)4-5-13(12)18-3/h4-5,10H,6-9,15H2,1-3H3. The third-order valence-electron chi connectivity index (χ3n) is 3.63. The molecule has 0 saturated carbocycles. The number of methoxy groups -OCH3 is 2. The Labute approximate surface area is 109 Å². The first-order valence-corrected chi connectivity index (χ1v) is 6.31. The molecule has 1 aromatic carbocycles. The van der Waals surface area contributed by atoms with E-state index < -0.39 is 0 Å². The second-order valence-electron chi connectivity index (χ2n) is 5.18. The number of benzene rings is 1. The van der Waals surface area contributed by atoms with Crippen LogP contribution >= 0.6 is 0 Å². The maximum Gasteiger partial charge on any atom is 0.142 e. The smallest absolute Gasteiger partial charge is 0.142 e. The summed E-state index contributed by atoms with van der Waals surface area (Å²) in [6.45, 7) is 4.03. The first-order valence-electron chi connectivity index (χ1n) is 6.31. The fraction of sp³-hybridized carbons (Fsp3) is 0.571. The Morgan fingerprint density at radius 3 is 2.39 bits per heavy atom. The molecule has 1 saturated heterocycles. The van der Waals surface area contributed by atoms with Crippen molar-refractivity contribution in [2.75, 3.05) is 32.2 Å². The van der Waals surface area contributed by atoms with E-state index in [0.717, 1.165) is 43.1 Å². The molecule has 4 heteroatoms. The first-order chi connectivity index (χ1) is 8.55. The summed E-state index contributed by atoms with van der Waals surface area (Å²) in [5.41, 5.74) is 7.21. The lowest BCUT2D eigenvalue weighted by Gasteiger charge is -2.38. The van der Waals surface area contributed by atoms with Crippen LogP contribution in [0.3, 0.4) is 0 Å². The highest BCUT2D eigenvalue weighted by molar-refractivity contribution is 5.62. The predicted molar refractivity (Wildman–Crippen MR) is 73.6 cm³/mol. The Kier molecular flexibility index (Phi) is 3.66. The molecule has 1 heterocycles. The minimum Gasteiger partial charge on any atom is -0.497 e. The van der Waals surface area contributed by atoms with Crippen LogP contribution in [0.15, 0.2) is 18.2 Å². The van der Waals surface area contributed by atoms with E-state index in [9.17, 15) is 0 Å². The maximum atomic E-state index is 6.16. The molecule has 0 unspecified atom stereocenters. The average molecular weight is 250 g/mol. The van der Waals surface area contributed by atoms with Crippen LogP contribution < -0.4 is 20.1 Å². The molecule has 100 valence electrons. The number of nitrogens with two attached hydrogens (primary N) is 1. The minimum absolute atomic E-state index is 0.0391. The topological polar surface area (TPSA) is 47.7 Å². The Balaban J connectivity index is 2.21. The monoisotopic (exact) mass is 250 g/mol. The van der Waals surface area contributed by atoms with Crippen LogP contribution in [-0.4, -0.2) is 32.8 Å². The summed E-state index contributed by atoms with van der Waals surface area (Å²) in [5, 5.41) is 0. The average Bonchev–Trinajstić information content (AvgIpc) is 2.38. The van der Waals surface area contributed by atoms with Gasteiger partial charge in [-0.25, -0.2) is 0 Å². The molecule has 0 bridgehead atoms. The van der Waals surface area contributed by atoms with Crippen LogP contribution in [0.1, 0.15) is 19.8 Å². The van der Waals surface area contributed by atoms with Gasteiger partial charge in [-0.1, -0.05) is 0 Å². The molecule has 0 amide bonds. The minimum atomic E-state index is -0.0391. The maximum absolute atomic E-state index is 6.16. The molecule has 2 rings (SSSR count). The lowest BCUT2D eigenvalue weighted by molar-refractivity contribution is 0.358. The summed E-state index contributed by atoms with van der Waals surface area (Å²) < 4.78 is 10.7. The third kappa shape index (κ3) is 2.70. The van der Waals surface area contributed by atoms with Crippen LogP contribution in [0.25, 0.3) is 0 Å². The van der Waals surface area contributed by atoms with Crippen molar-refractivity contribution in [2.24, 2.45) is 5.73 Å². The van der Waals surface area contributed by atoms with E-state index in [1.165, 1.54) is 0 Å². The van der Waals surface area contributed by atoms with Gasteiger partial charge >= 0.3 is 0 Å². The first kappa shape index (κ1) is 13.0. The van der Waals surface area contributed by atoms with E-state index in [4.69, 9.17) is 15.2 Å². The van der Waals surface area contributed by atoms with Crippen molar-refractivity contribution in [2.45, 2.75) is 25.3 Å². The van der Waals surface area contributed by atoms with Crippen LogP contribution in [0.2, 0.25) is 0 Å². The molecule has 0 radical (unpaired) electrons. The molecule has 4 nitrogen and oxygen atoms in total. The molecule has 1 aliphatic heterocycles. The summed E-state index contributed by atoms with van der Waals surface area (Å²) in [6.07, 6.45) is 1.99. The van der Waals surface area contributed by atoms with E-state index in [0.29, 0.717) is 0 Å². The fourth-order valence-corrected chi connectivity index (χ4v) is 2.30. The Hall–Kier alpha value is -1.42. The van der Waals surface area contributed by atoms with Gasteiger partial charge < -0.3 is 20.1 Å². The lowest BCUT2D eigenvalue weighted by atomic mass is 9.91. The van der Waals surface area contributed by atoms with E-state index in [1.807, 2.05) is 18.2 Å². The summed E-state index contributed by atoms with van der Waals surface area (Å²) in [6, 6.07) is 5.89. The molecule has 0 atom stereocenters. The number of piperidine rings is 1. The van der Waals surface area contributed by atoms with Crippen LogP contribution in [0.5, 0.6) is 11.5 Å². The Bertz CT molecular complexity index is 408. The summed E-state index contributed by atoms with van der Waals surface area (Å²) in [5.74, 6) is 1.74. The van der Waals surface area contributed by atoms with Gasteiger partial charge in [0.25, 0.3) is 0 Å². The highest BCUT2D eigenvalue weighted by Gasteiger charge is 2.27. The van der Waals surface area contributed by atoms with Crippen LogP contribution in [0, 0.1) is 0 Å². The molecule has 1 aromatic rings. The molecule has 2 N–H and O–H groups in total. The predicted octanol–water partition coefficient (Wildman–Crippen LogP) is 2.02. The Morgan fingerprint density at radius 2 is 1.83 bits per heavy atom. The fourth-order valence-electron chi connectivity index (χ4n) is 2.30. The van der Waals surface area contributed by atoms with E-state index in [-0.39, 0.29) is 5.54 Å². The van der Waals surface area contributed by atoms with Crippen molar-refractivity contribution in [3.05, 3.63) is 18.2 Å². The van der Waals surface area contributed by atoms with Gasteiger partial charge in [0, 0.05) is 24.7 Å². The number of ether oxygens (including phenoxy) is 2. The van der Waals surface area contributed by atoms with Gasteiger partial charge in [-0.05, 0) is 31.9 Å². The zero-order valence-corrected chi connectivity index (χ0v) is 11.4. The molecule has 1 fully saturated rings. The zero-order chi connectivity index (χ0) is 13.2. The second-order valence-corrected chi connectivity index (χ2v) is 5.18. The lowest BCUT2D eigenvalue weighted by Crippen LogP contribution is -2.48. The number of rotatable bonds is 3. The normalized spacial score (nSPS) is 18.6. The zero-order valence-electron chi connectivity index (χ0n) is 11.4. The molecule has 1 aliphatic rings. The highest BCUT2D eigenvalue weighted by Crippen LogP contribution is 2.34. The molecule has 18 heavy (non-hydrogen) atoms. The summed E-state index contributed by atoms with van der Waals surface area (Å²) in [4.78, 5) is 2.32. The second kappa shape index (κ2) is 5.06. The molecular formula is C14H22N2O2. The largest absolute Gasteiger partial charge is 0.497 e. The van der Waals surface area contributed by atoms with Crippen molar-refractivity contribution in [3.63, 3.8) is 0 Å². The van der Waals surface area contributed by atoms with Gasteiger partial charge in [0.05, 0.1) is 19.9 Å². The van der Waals surface area contributed by atoms with Gasteiger partial charge in [-0.3, -0.25) is 0 Å². The van der Waals surface area contributed by atoms with Gasteiger partial charge in [0.2, 0.25) is 0 Å². The van der Waals surface area contributed by atoms with Gasteiger partial charge in [-0.2, -0.15) is 0 Å². The van der Waals surface area contributed by atoms with Crippen molar-refractivity contribution in [1.82, 2.24) is 0 Å². The van der Waals surface area contributed by atoms with Crippen LogP contribution in [-0.2, 0) is 0 Å². The van der Waals surface area contributed by atoms with Gasteiger partial charge in [0.15, 0.2) is 0 Å². The highest BCUT2D eigenvalue weighted by atomic mass is 16.5. The number of hydrogen-bond donors (Lipinski definition) is 1. The molecule has 0 aliphatic carbocycles. The summed E-state index contributed by atoms with van der Waals surface area (Å²) in [7, 11) is 3.38. The molecular weight excluding hydrogens is 228 g/mol. The number of anilines is 1. The van der Waals surface area contributed by atoms with Crippen molar-refractivity contribution in [3.8, 4) is 11.5 Å². The van der Waals surface area contributed by atoms with Gasteiger partial charge in [0.1, 0.15) is 11.5 Å². The number of hydrogen-bond acceptors (Lipinski definition) is 4. The van der Waals surface area contributed by atoms with Crippen LogP contribution in [0.4, 0.5) is 5.69 Å². The summed E-state index contributed by atoms with van der Waals surface area (Å²) >= 11 is 0. The van der Waals surface area contributed by atoms with E-state index >= 15 is 0 Å². The third-order valence-corrected chi connectivity index (χ3v) is 3.63. The van der Waals surface area contributed by atoms with Crippen molar-refractivity contribution in [1.29, 1.82) is 0 Å². The van der Waals surface area contributed by atoms with Gasteiger partial charge in [-0.15, -0.1) is 0 Å². The number of nitrogens with zero attached hydrogens (tertiary/aromatic N) is 1. The van der Waals surface area contributed by atoms with Crippen molar-refractivity contribution >= 4 is 5.69 Å². The molecule has 0 spiro atoms. The Morgan fingerprint density at radius 1 is 1.17 bits per heavy atom. The van der Waals surface area contributed by atoms with Crippen molar-refractivity contribution < 1.29 is 9.47 Å². The quantitative estimate of drug-likeness (QED) is 0.891.